The van der Waals surface area contributed by atoms with Crippen molar-refractivity contribution in [1.29, 1.82) is 0 Å². The van der Waals surface area contributed by atoms with Crippen LogP contribution in [0.1, 0.15) is 11.1 Å². The summed E-state index contributed by atoms with van der Waals surface area (Å²) in [7, 11) is 0. The number of hydrogen-bond acceptors (Lipinski definition) is 3. The summed E-state index contributed by atoms with van der Waals surface area (Å²) in [5.74, 6) is 0. The van der Waals surface area contributed by atoms with Gasteiger partial charge in [0, 0.05) is 17.3 Å². The van der Waals surface area contributed by atoms with Crippen molar-refractivity contribution in [1.82, 2.24) is 4.98 Å². The number of rotatable bonds is 4. The first kappa shape index (κ1) is 11.9. The van der Waals surface area contributed by atoms with Gasteiger partial charge in [0.15, 0.2) is 5.13 Å². The van der Waals surface area contributed by atoms with E-state index in [-0.39, 0.29) is 0 Å². The smallest absolute Gasteiger partial charge is 0.187 e. The van der Waals surface area contributed by atoms with Crippen LogP contribution in [0.4, 0.5) is 10.8 Å². The van der Waals surface area contributed by atoms with Crippen LogP contribution in [0.2, 0.25) is 0 Å². The molecule has 1 heterocycles. The first-order valence-corrected chi connectivity index (χ1v) is 7.07. The number of nitrogens with one attached hydrogen (secondary N) is 1. The summed E-state index contributed by atoms with van der Waals surface area (Å²) in [6.45, 7) is 0. The second-order valence-corrected chi connectivity index (χ2v) is 5.22. The van der Waals surface area contributed by atoms with Gasteiger partial charge in [-0.1, -0.05) is 42.5 Å². The van der Waals surface area contributed by atoms with Gasteiger partial charge in [-0.15, -0.1) is 11.3 Å². The standard InChI is InChI=1S/C16H14N2S/c1-2-5-13(6-3-1)11-14-7-4-8-15(12-14)18-16-17-9-10-19-16/h1-10,12H,11H2,(H,17,18). The van der Waals surface area contributed by atoms with E-state index in [0.717, 1.165) is 17.2 Å². The van der Waals surface area contributed by atoms with Gasteiger partial charge in [0.05, 0.1) is 0 Å². The quantitative estimate of drug-likeness (QED) is 0.753. The van der Waals surface area contributed by atoms with Gasteiger partial charge in [-0.05, 0) is 29.7 Å². The Morgan fingerprint density at radius 3 is 2.58 bits per heavy atom. The predicted molar refractivity (Wildman–Crippen MR) is 81.1 cm³/mol. The number of hydrogen-bond donors (Lipinski definition) is 1. The molecule has 19 heavy (non-hydrogen) atoms. The van der Waals surface area contributed by atoms with E-state index in [1.54, 1.807) is 17.5 Å². The van der Waals surface area contributed by atoms with Gasteiger partial charge in [0.2, 0.25) is 0 Å². The fourth-order valence-electron chi connectivity index (χ4n) is 2.00. The first-order chi connectivity index (χ1) is 9.40. The summed E-state index contributed by atoms with van der Waals surface area (Å²) >= 11 is 1.61. The van der Waals surface area contributed by atoms with Crippen molar-refractivity contribution in [2.45, 2.75) is 6.42 Å². The van der Waals surface area contributed by atoms with Gasteiger partial charge in [-0.2, -0.15) is 0 Å². The van der Waals surface area contributed by atoms with Crippen LogP contribution in [0.5, 0.6) is 0 Å². The minimum Gasteiger partial charge on any atom is -0.332 e. The molecule has 2 aromatic carbocycles. The Kier molecular flexibility index (Phi) is 3.56. The zero-order valence-electron chi connectivity index (χ0n) is 10.4. The van der Waals surface area contributed by atoms with Crippen molar-refractivity contribution in [2.75, 3.05) is 5.32 Å². The number of nitrogens with zero attached hydrogens (tertiary/aromatic N) is 1. The minimum atomic E-state index is 0.928. The molecule has 3 heteroatoms. The zero-order chi connectivity index (χ0) is 12.9. The highest BCUT2D eigenvalue weighted by Crippen LogP contribution is 2.20. The zero-order valence-corrected chi connectivity index (χ0v) is 11.2. The van der Waals surface area contributed by atoms with Gasteiger partial charge >= 0.3 is 0 Å². The molecule has 3 rings (SSSR count). The molecule has 0 fully saturated rings. The van der Waals surface area contributed by atoms with Crippen LogP contribution in [0.25, 0.3) is 0 Å². The Hall–Kier alpha value is -2.13. The molecule has 0 saturated carbocycles. The molecule has 0 saturated heterocycles. The van der Waals surface area contributed by atoms with E-state index in [9.17, 15) is 0 Å². The van der Waals surface area contributed by atoms with Gasteiger partial charge in [0.25, 0.3) is 0 Å². The van der Waals surface area contributed by atoms with Crippen molar-refractivity contribution in [2.24, 2.45) is 0 Å². The molecule has 0 unspecified atom stereocenters. The Labute approximate surface area is 116 Å². The summed E-state index contributed by atoms with van der Waals surface area (Å²) in [6, 6.07) is 19.0. The van der Waals surface area contributed by atoms with E-state index < -0.39 is 0 Å². The highest BCUT2D eigenvalue weighted by Gasteiger charge is 2.00. The molecular weight excluding hydrogens is 252 g/mol. The third kappa shape index (κ3) is 3.20. The van der Waals surface area contributed by atoms with E-state index >= 15 is 0 Å². The number of anilines is 2. The highest BCUT2D eigenvalue weighted by atomic mass is 32.1. The van der Waals surface area contributed by atoms with Crippen LogP contribution in [0, 0.1) is 0 Å². The topological polar surface area (TPSA) is 24.9 Å². The van der Waals surface area contributed by atoms with E-state index in [1.165, 1.54) is 11.1 Å². The van der Waals surface area contributed by atoms with Crippen molar-refractivity contribution < 1.29 is 0 Å². The Balaban J connectivity index is 1.76. The summed E-state index contributed by atoms with van der Waals surface area (Å²) in [6.07, 6.45) is 2.76. The van der Waals surface area contributed by atoms with Gasteiger partial charge in [0.1, 0.15) is 0 Å². The summed E-state index contributed by atoms with van der Waals surface area (Å²) in [5.41, 5.74) is 3.71. The van der Waals surface area contributed by atoms with Crippen molar-refractivity contribution in [3.63, 3.8) is 0 Å². The highest BCUT2D eigenvalue weighted by molar-refractivity contribution is 7.13. The lowest BCUT2D eigenvalue weighted by Gasteiger charge is -2.06. The van der Waals surface area contributed by atoms with Crippen molar-refractivity contribution in [3.05, 3.63) is 77.3 Å². The number of thiazole rings is 1. The second kappa shape index (κ2) is 5.67. The number of aromatic nitrogens is 1. The number of benzene rings is 2. The third-order valence-corrected chi connectivity index (χ3v) is 3.55. The Bertz CT molecular complexity index is 633. The average Bonchev–Trinajstić information content (AvgIpc) is 2.93. The van der Waals surface area contributed by atoms with Gasteiger partial charge in [-0.3, -0.25) is 0 Å². The van der Waals surface area contributed by atoms with Crippen molar-refractivity contribution in [3.8, 4) is 0 Å². The SMILES string of the molecule is c1ccc(Cc2cccc(Nc3nccs3)c2)cc1. The minimum absolute atomic E-state index is 0.928. The molecule has 0 bridgehead atoms. The maximum atomic E-state index is 4.23. The molecule has 1 aromatic heterocycles. The van der Waals surface area contributed by atoms with E-state index in [0.29, 0.717) is 0 Å². The first-order valence-electron chi connectivity index (χ1n) is 6.19. The molecular formula is C16H14N2S. The van der Waals surface area contributed by atoms with Crippen LogP contribution in [-0.4, -0.2) is 4.98 Å². The molecule has 2 nitrogen and oxygen atoms in total. The molecule has 0 radical (unpaired) electrons. The maximum Gasteiger partial charge on any atom is 0.187 e. The monoisotopic (exact) mass is 266 g/mol. The Morgan fingerprint density at radius 1 is 0.947 bits per heavy atom. The molecule has 0 spiro atoms. The fourth-order valence-corrected chi connectivity index (χ4v) is 2.55. The third-order valence-electron chi connectivity index (χ3n) is 2.86. The van der Waals surface area contributed by atoms with Crippen LogP contribution in [0.15, 0.2) is 66.2 Å². The van der Waals surface area contributed by atoms with E-state index in [4.69, 9.17) is 0 Å². The second-order valence-electron chi connectivity index (χ2n) is 4.33. The lowest BCUT2D eigenvalue weighted by Crippen LogP contribution is -1.92. The molecule has 0 amide bonds. The van der Waals surface area contributed by atoms with Crippen LogP contribution in [-0.2, 0) is 6.42 Å². The van der Waals surface area contributed by atoms with Crippen LogP contribution < -0.4 is 5.32 Å². The average molecular weight is 266 g/mol. The molecule has 1 N–H and O–H groups in total. The summed E-state index contributed by atoms with van der Waals surface area (Å²) in [5, 5.41) is 6.21. The lowest BCUT2D eigenvalue weighted by molar-refractivity contribution is 1.19. The van der Waals surface area contributed by atoms with E-state index in [1.807, 2.05) is 11.4 Å². The largest absolute Gasteiger partial charge is 0.332 e. The van der Waals surface area contributed by atoms with Crippen LogP contribution in [0.3, 0.4) is 0 Å². The molecule has 0 atom stereocenters. The lowest BCUT2D eigenvalue weighted by atomic mass is 10.0. The maximum absolute atomic E-state index is 4.23. The van der Waals surface area contributed by atoms with Gasteiger partial charge < -0.3 is 5.32 Å². The molecule has 0 aliphatic carbocycles. The normalized spacial score (nSPS) is 10.3. The molecule has 3 aromatic rings. The molecule has 0 aliphatic heterocycles. The van der Waals surface area contributed by atoms with Gasteiger partial charge in [-0.25, -0.2) is 4.98 Å². The van der Waals surface area contributed by atoms with Crippen molar-refractivity contribution >= 4 is 22.2 Å². The molecule has 94 valence electrons. The van der Waals surface area contributed by atoms with Crippen LogP contribution >= 0.6 is 11.3 Å². The van der Waals surface area contributed by atoms with E-state index in [2.05, 4.69) is 58.8 Å². The Morgan fingerprint density at radius 2 is 1.79 bits per heavy atom. The predicted octanol–water partition coefficient (Wildman–Crippen LogP) is 4.48. The fraction of sp³-hybridized carbons (Fsp3) is 0.0625. The summed E-state index contributed by atoms with van der Waals surface area (Å²) < 4.78 is 0. The summed E-state index contributed by atoms with van der Waals surface area (Å²) in [4.78, 5) is 4.23. The molecule has 0 aliphatic rings.